The Hall–Kier alpha value is -1.97. The van der Waals surface area contributed by atoms with E-state index in [1.165, 1.54) is 4.68 Å². The summed E-state index contributed by atoms with van der Waals surface area (Å²) < 4.78 is 1.49. The van der Waals surface area contributed by atoms with Crippen molar-refractivity contribution in [3.63, 3.8) is 0 Å². The third-order valence-electron chi connectivity index (χ3n) is 2.89. The first-order valence-electron chi connectivity index (χ1n) is 5.83. The molecule has 90 valence electrons. The van der Waals surface area contributed by atoms with Crippen molar-refractivity contribution < 1.29 is 0 Å². The van der Waals surface area contributed by atoms with Gasteiger partial charge in [0.1, 0.15) is 11.5 Å². The quantitative estimate of drug-likeness (QED) is 0.793. The van der Waals surface area contributed by atoms with Crippen LogP contribution in [-0.2, 0) is 6.42 Å². The number of imidazole rings is 1. The summed E-state index contributed by atoms with van der Waals surface area (Å²) in [6.07, 6.45) is 1.84. The van der Waals surface area contributed by atoms with Gasteiger partial charge in [0, 0.05) is 12.0 Å². The van der Waals surface area contributed by atoms with Gasteiger partial charge in [0.15, 0.2) is 5.82 Å². The second-order valence-electron chi connectivity index (χ2n) is 4.20. The van der Waals surface area contributed by atoms with Crippen LogP contribution in [0.2, 0.25) is 0 Å². The van der Waals surface area contributed by atoms with Crippen LogP contribution in [0.4, 0.5) is 5.82 Å². The molecule has 0 spiro atoms. The zero-order chi connectivity index (χ0) is 12.4. The smallest absolute Gasteiger partial charge is 0.150 e. The fourth-order valence-electron chi connectivity index (χ4n) is 1.93. The first-order valence-corrected chi connectivity index (χ1v) is 5.83. The molecule has 0 aliphatic heterocycles. The van der Waals surface area contributed by atoms with Crippen LogP contribution >= 0.6 is 0 Å². The zero-order valence-corrected chi connectivity index (χ0v) is 10.3. The molecule has 0 amide bonds. The molecule has 1 aromatic carbocycles. The molecule has 4 heteroatoms. The number of nitrogen functional groups attached to an aromatic ring is 2. The Labute approximate surface area is 101 Å². The first kappa shape index (κ1) is 11.5. The Kier molecular flexibility index (Phi) is 3.04. The second-order valence-corrected chi connectivity index (χ2v) is 4.20. The van der Waals surface area contributed by atoms with Gasteiger partial charge in [0.2, 0.25) is 0 Å². The van der Waals surface area contributed by atoms with Gasteiger partial charge in [-0.1, -0.05) is 31.2 Å². The van der Waals surface area contributed by atoms with Gasteiger partial charge in [-0.3, -0.25) is 0 Å². The lowest BCUT2D eigenvalue weighted by Crippen LogP contribution is -2.15. The minimum absolute atomic E-state index is 0.530. The molecule has 0 unspecified atom stereocenters. The lowest BCUT2D eigenvalue weighted by Gasteiger charge is -2.03. The highest BCUT2D eigenvalue weighted by Crippen LogP contribution is 2.27. The number of aromatic nitrogens is 2. The number of nitrogens with zero attached hydrogens (tertiary/aromatic N) is 2. The van der Waals surface area contributed by atoms with Gasteiger partial charge in [0.25, 0.3) is 0 Å². The Morgan fingerprint density at radius 2 is 2.00 bits per heavy atom. The number of nitrogens with two attached hydrogens (primary N) is 2. The largest absolute Gasteiger partial charge is 0.382 e. The number of aryl methyl sites for hydroxylation is 2. The van der Waals surface area contributed by atoms with E-state index in [2.05, 4.69) is 11.9 Å². The maximum atomic E-state index is 6.01. The Morgan fingerprint density at radius 1 is 1.29 bits per heavy atom. The lowest BCUT2D eigenvalue weighted by atomic mass is 10.1. The topological polar surface area (TPSA) is 69.9 Å². The summed E-state index contributed by atoms with van der Waals surface area (Å²) in [6.45, 7) is 4.14. The second kappa shape index (κ2) is 4.49. The summed E-state index contributed by atoms with van der Waals surface area (Å²) in [7, 11) is 0. The minimum Gasteiger partial charge on any atom is -0.382 e. The molecular formula is C13H18N4. The summed E-state index contributed by atoms with van der Waals surface area (Å²) >= 11 is 0. The highest BCUT2D eigenvalue weighted by Gasteiger charge is 2.14. The van der Waals surface area contributed by atoms with E-state index in [0.29, 0.717) is 5.82 Å². The van der Waals surface area contributed by atoms with Crippen molar-refractivity contribution in [3.05, 3.63) is 35.7 Å². The average Bonchev–Trinajstić information content (AvgIpc) is 2.59. The number of benzene rings is 1. The molecule has 1 aromatic heterocycles. The first-order chi connectivity index (χ1) is 8.15. The van der Waals surface area contributed by atoms with E-state index >= 15 is 0 Å². The molecule has 0 saturated heterocycles. The zero-order valence-electron chi connectivity index (χ0n) is 10.3. The van der Waals surface area contributed by atoms with Crippen LogP contribution in [0.3, 0.4) is 0 Å². The van der Waals surface area contributed by atoms with Gasteiger partial charge in [-0.2, -0.15) is 0 Å². The summed E-state index contributed by atoms with van der Waals surface area (Å²) in [5.74, 6) is 7.27. The molecule has 0 aliphatic carbocycles. The van der Waals surface area contributed by atoms with Crippen LogP contribution in [0.25, 0.3) is 11.3 Å². The van der Waals surface area contributed by atoms with Crippen LogP contribution in [0.5, 0.6) is 0 Å². The molecule has 0 saturated carbocycles. The van der Waals surface area contributed by atoms with Gasteiger partial charge in [-0.05, 0) is 18.9 Å². The Morgan fingerprint density at radius 3 is 2.65 bits per heavy atom. The van der Waals surface area contributed by atoms with Gasteiger partial charge in [-0.25, -0.2) is 9.66 Å². The van der Waals surface area contributed by atoms with Crippen molar-refractivity contribution in [1.82, 2.24) is 9.66 Å². The van der Waals surface area contributed by atoms with Crippen molar-refractivity contribution >= 4 is 5.82 Å². The summed E-state index contributed by atoms with van der Waals surface area (Å²) in [6, 6.07) is 8.05. The number of hydrogen-bond donors (Lipinski definition) is 2. The molecule has 4 N–H and O–H groups in total. The number of anilines is 1. The summed E-state index contributed by atoms with van der Waals surface area (Å²) in [5.41, 5.74) is 9.00. The molecule has 2 aromatic rings. The molecule has 0 bridgehead atoms. The predicted octanol–water partition coefficient (Wildman–Crippen LogP) is 2.11. The van der Waals surface area contributed by atoms with Crippen LogP contribution in [0.15, 0.2) is 24.3 Å². The van der Waals surface area contributed by atoms with E-state index in [0.717, 1.165) is 35.5 Å². The third kappa shape index (κ3) is 1.98. The lowest BCUT2D eigenvalue weighted by molar-refractivity contribution is 0.794. The van der Waals surface area contributed by atoms with E-state index in [1.54, 1.807) is 0 Å². The standard InChI is InChI=1S/C13H18N4/c1-3-6-11-16-12(13(14)17(11)15)10-8-5-4-7-9(10)2/h4-5,7-8H,3,6,14-15H2,1-2H3. The van der Waals surface area contributed by atoms with Crippen LogP contribution in [-0.4, -0.2) is 9.66 Å². The summed E-state index contributed by atoms with van der Waals surface area (Å²) in [4.78, 5) is 4.54. The van der Waals surface area contributed by atoms with E-state index < -0.39 is 0 Å². The van der Waals surface area contributed by atoms with Crippen LogP contribution < -0.4 is 11.6 Å². The molecule has 17 heavy (non-hydrogen) atoms. The molecule has 1 heterocycles. The van der Waals surface area contributed by atoms with E-state index in [1.807, 2.05) is 31.2 Å². The molecule has 0 atom stereocenters. The normalized spacial score (nSPS) is 10.7. The maximum absolute atomic E-state index is 6.01. The third-order valence-corrected chi connectivity index (χ3v) is 2.89. The van der Waals surface area contributed by atoms with Gasteiger partial charge >= 0.3 is 0 Å². The SMILES string of the molecule is CCCc1nc(-c2ccccc2C)c(N)n1N. The van der Waals surface area contributed by atoms with Crippen molar-refractivity contribution in [2.75, 3.05) is 11.6 Å². The Bertz CT molecular complexity index is 528. The Balaban J connectivity index is 2.53. The van der Waals surface area contributed by atoms with E-state index in [9.17, 15) is 0 Å². The van der Waals surface area contributed by atoms with E-state index in [-0.39, 0.29) is 0 Å². The predicted molar refractivity (Wildman–Crippen MR) is 71.0 cm³/mol. The van der Waals surface area contributed by atoms with Crippen molar-refractivity contribution in [1.29, 1.82) is 0 Å². The van der Waals surface area contributed by atoms with Crippen LogP contribution in [0, 0.1) is 6.92 Å². The minimum atomic E-state index is 0.530. The fourth-order valence-corrected chi connectivity index (χ4v) is 1.93. The van der Waals surface area contributed by atoms with Crippen LogP contribution in [0.1, 0.15) is 24.7 Å². The van der Waals surface area contributed by atoms with Crippen molar-refractivity contribution in [3.8, 4) is 11.3 Å². The molecule has 0 aliphatic rings. The van der Waals surface area contributed by atoms with E-state index in [4.69, 9.17) is 11.6 Å². The monoisotopic (exact) mass is 230 g/mol. The van der Waals surface area contributed by atoms with Gasteiger partial charge in [-0.15, -0.1) is 0 Å². The summed E-state index contributed by atoms with van der Waals surface area (Å²) in [5, 5.41) is 0. The molecule has 4 nitrogen and oxygen atoms in total. The molecular weight excluding hydrogens is 212 g/mol. The van der Waals surface area contributed by atoms with Gasteiger partial charge in [0.05, 0.1) is 0 Å². The number of hydrogen-bond acceptors (Lipinski definition) is 3. The van der Waals surface area contributed by atoms with Gasteiger partial charge < -0.3 is 11.6 Å². The highest BCUT2D eigenvalue weighted by molar-refractivity contribution is 5.73. The molecule has 0 radical (unpaired) electrons. The molecule has 2 rings (SSSR count). The average molecular weight is 230 g/mol. The highest BCUT2D eigenvalue weighted by atomic mass is 15.4. The maximum Gasteiger partial charge on any atom is 0.150 e. The van der Waals surface area contributed by atoms with Crippen molar-refractivity contribution in [2.45, 2.75) is 26.7 Å². The fraction of sp³-hybridized carbons (Fsp3) is 0.308. The van der Waals surface area contributed by atoms with Crippen molar-refractivity contribution in [2.24, 2.45) is 0 Å². The number of rotatable bonds is 3. The molecule has 0 fully saturated rings.